The first-order valence-corrected chi connectivity index (χ1v) is 10.2. The maximum Gasteiger partial charge on any atom is 0.431 e. The molecule has 0 bridgehead atoms. The molecule has 1 aromatic heterocycles. The largest absolute Gasteiger partial charge is 0.484 e. The predicted octanol–water partition coefficient (Wildman–Crippen LogP) is 3.34. The van der Waals surface area contributed by atoms with E-state index in [4.69, 9.17) is 32.8 Å². The third kappa shape index (κ3) is 5.13. The van der Waals surface area contributed by atoms with E-state index in [9.17, 15) is 27.6 Å². The molecule has 0 aliphatic carbocycles. The summed E-state index contributed by atoms with van der Waals surface area (Å²) in [6, 6.07) is 2.58. The highest BCUT2D eigenvalue weighted by molar-refractivity contribution is 6.36. The van der Waals surface area contributed by atoms with Crippen molar-refractivity contribution in [2.75, 3.05) is 13.7 Å². The molecule has 34 heavy (non-hydrogen) atoms. The topological polar surface area (TPSA) is 117 Å². The van der Waals surface area contributed by atoms with Gasteiger partial charge < -0.3 is 4.74 Å². The van der Waals surface area contributed by atoms with E-state index in [1.165, 1.54) is 14.0 Å². The van der Waals surface area contributed by atoms with E-state index in [-0.39, 0.29) is 40.5 Å². The SMILES string of the molecule is CCn1c(C(F)(F)F)cc(=O)n(-c2cc(OCC3=N[N+](C)(OC(C)=O)N=N3)c(Cl)cc2Cl)c1=O. The van der Waals surface area contributed by atoms with Crippen molar-refractivity contribution in [1.29, 1.82) is 0 Å². The minimum Gasteiger partial charge on any atom is -0.484 e. The van der Waals surface area contributed by atoms with Crippen LogP contribution in [0.5, 0.6) is 5.75 Å². The van der Waals surface area contributed by atoms with Gasteiger partial charge in [-0.15, -0.1) is 0 Å². The average Bonchev–Trinajstić information content (AvgIpc) is 3.07. The number of quaternary nitrogens is 1. The van der Waals surface area contributed by atoms with Crippen molar-refractivity contribution >= 4 is 35.0 Å². The fraction of sp³-hybridized carbons (Fsp3) is 0.333. The monoisotopic (exact) mass is 523 g/mol. The molecule has 0 N–H and O–H groups in total. The van der Waals surface area contributed by atoms with E-state index in [1.54, 1.807) is 0 Å². The first kappa shape index (κ1) is 25.4. The second-order valence-corrected chi connectivity index (χ2v) is 7.69. The third-order valence-corrected chi connectivity index (χ3v) is 4.93. The summed E-state index contributed by atoms with van der Waals surface area (Å²) in [7, 11) is 1.33. The molecule has 1 unspecified atom stereocenters. The van der Waals surface area contributed by atoms with E-state index in [0.29, 0.717) is 15.2 Å². The molecule has 0 spiro atoms. The molecule has 2 aromatic rings. The zero-order valence-electron chi connectivity index (χ0n) is 17.8. The highest BCUT2D eigenvalue weighted by Crippen LogP contribution is 2.33. The average molecular weight is 524 g/mol. The lowest BCUT2D eigenvalue weighted by Gasteiger charge is -2.17. The van der Waals surface area contributed by atoms with Crippen LogP contribution in [-0.2, 0) is 22.4 Å². The lowest BCUT2D eigenvalue weighted by molar-refractivity contribution is -1.09. The summed E-state index contributed by atoms with van der Waals surface area (Å²) in [5, 5.41) is 11.1. The summed E-state index contributed by atoms with van der Waals surface area (Å²) in [5.41, 5.74) is -4.13. The third-order valence-electron chi connectivity index (χ3n) is 4.33. The Morgan fingerprint density at radius 2 is 1.85 bits per heavy atom. The second-order valence-electron chi connectivity index (χ2n) is 6.87. The fourth-order valence-electron chi connectivity index (χ4n) is 3.01. The number of nitrogens with zero attached hydrogens (tertiary/aromatic N) is 6. The van der Waals surface area contributed by atoms with Gasteiger partial charge >= 0.3 is 17.8 Å². The molecule has 0 radical (unpaired) electrons. The molecule has 1 aromatic carbocycles. The number of carbonyl (C=O) groups excluding carboxylic acids is 1. The van der Waals surface area contributed by atoms with Crippen LogP contribution in [0.4, 0.5) is 13.2 Å². The predicted molar refractivity (Wildman–Crippen MR) is 113 cm³/mol. The molecular weight excluding hydrogens is 508 g/mol. The quantitative estimate of drug-likeness (QED) is 0.538. The van der Waals surface area contributed by atoms with E-state index < -0.39 is 34.0 Å². The maximum absolute atomic E-state index is 13.3. The number of benzene rings is 1. The lowest BCUT2D eigenvalue weighted by Crippen LogP contribution is -2.41. The minimum absolute atomic E-state index is 0.0105. The maximum atomic E-state index is 13.3. The molecule has 3 rings (SSSR count). The van der Waals surface area contributed by atoms with Gasteiger partial charge in [-0.25, -0.2) is 19.0 Å². The number of alkyl halides is 3. The van der Waals surface area contributed by atoms with Gasteiger partial charge in [-0.2, -0.15) is 13.2 Å². The van der Waals surface area contributed by atoms with Gasteiger partial charge in [-0.3, -0.25) is 9.36 Å². The Balaban J connectivity index is 2.00. The first-order chi connectivity index (χ1) is 15.8. The van der Waals surface area contributed by atoms with E-state index >= 15 is 0 Å². The van der Waals surface area contributed by atoms with Crippen LogP contribution < -0.4 is 16.0 Å². The van der Waals surface area contributed by atoms with Crippen molar-refractivity contribution in [1.82, 2.24) is 9.13 Å². The van der Waals surface area contributed by atoms with Crippen LogP contribution in [0.25, 0.3) is 5.69 Å². The highest BCUT2D eigenvalue weighted by atomic mass is 35.5. The highest BCUT2D eigenvalue weighted by Gasteiger charge is 2.36. The van der Waals surface area contributed by atoms with Crippen molar-refractivity contribution < 1.29 is 32.4 Å². The Morgan fingerprint density at radius 1 is 1.18 bits per heavy atom. The van der Waals surface area contributed by atoms with Gasteiger partial charge in [0.2, 0.25) is 0 Å². The molecule has 182 valence electrons. The van der Waals surface area contributed by atoms with Crippen molar-refractivity contribution in [2.45, 2.75) is 26.6 Å². The van der Waals surface area contributed by atoms with Gasteiger partial charge in [0.05, 0.1) is 15.7 Å². The number of amidine groups is 1. The molecule has 0 saturated carbocycles. The number of hydroxylamine groups is 1. The molecule has 0 saturated heterocycles. The van der Waals surface area contributed by atoms with Gasteiger partial charge in [0.15, 0.2) is 13.7 Å². The zero-order valence-corrected chi connectivity index (χ0v) is 19.3. The molecule has 16 heteroatoms. The summed E-state index contributed by atoms with van der Waals surface area (Å²) in [6.45, 7) is 1.81. The Morgan fingerprint density at radius 3 is 2.44 bits per heavy atom. The molecule has 0 fully saturated rings. The van der Waals surface area contributed by atoms with Crippen molar-refractivity contribution in [2.24, 2.45) is 15.4 Å². The van der Waals surface area contributed by atoms with Crippen LogP contribution in [-0.4, -0.2) is 39.5 Å². The van der Waals surface area contributed by atoms with E-state index in [0.717, 1.165) is 19.1 Å². The molecule has 1 aliphatic rings. The van der Waals surface area contributed by atoms with Crippen LogP contribution in [0.15, 0.2) is 43.2 Å². The fourth-order valence-corrected chi connectivity index (χ4v) is 3.53. The number of carbonyl (C=O) groups is 1. The second kappa shape index (κ2) is 9.19. The molecule has 0 amide bonds. The number of rotatable bonds is 6. The number of hydrogen-bond acceptors (Lipinski definition) is 8. The van der Waals surface area contributed by atoms with Crippen molar-refractivity contribution in [3.8, 4) is 11.4 Å². The Labute approximate surface area is 198 Å². The van der Waals surface area contributed by atoms with Crippen LogP contribution in [0, 0.1) is 0 Å². The van der Waals surface area contributed by atoms with Crippen LogP contribution in [0.3, 0.4) is 0 Å². The standard InChI is InChI=1S/C18H16Cl2F3N6O5/c1-4-27-14(18(21,22)23)7-16(31)28(17(27)32)12-6-13(11(20)5-10(12)19)33-8-15-24-26-29(3,25-15)34-9(2)30/h5-7H,4,8H2,1-3H3/q+1. The van der Waals surface area contributed by atoms with Gasteiger partial charge in [-0.05, 0) is 13.0 Å². The molecule has 2 heterocycles. The summed E-state index contributed by atoms with van der Waals surface area (Å²) < 4.78 is 46.2. The van der Waals surface area contributed by atoms with Gasteiger partial charge in [-0.1, -0.05) is 28.3 Å². The van der Waals surface area contributed by atoms with Crippen LogP contribution >= 0.6 is 23.2 Å². The van der Waals surface area contributed by atoms with Gasteiger partial charge in [0.25, 0.3) is 11.4 Å². The number of aromatic nitrogens is 2. The van der Waals surface area contributed by atoms with Crippen LogP contribution in [0.2, 0.25) is 10.0 Å². The Bertz CT molecular complexity index is 1340. The van der Waals surface area contributed by atoms with Gasteiger partial charge in [0, 0.05) is 30.7 Å². The Hall–Kier alpha value is -3.23. The summed E-state index contributed by atoms with van der Waals surface area (Å²) in [5.74, 6) is -0.726. The van der Waals surface area contributed by atoms with Crippen molar-refractivity contribution in [3.05, 3.63) is 54.8 Å². The molecular formula is C18H16Cl2F3N6O5+. The van der Waals surface area contributed by atoms with E-state index in [2.05, 4.69) is 15.4 Å². The zero-order chi connectivity index (χ0) is 25.4. The summed E-state index contributed by atoms with van der Waals surface area (Å²) >= 11 is 12.3. The smallest absolute Gasteiger partial charge is 0.431 e. The van der Waals surface area contributed by atoms with Crippen molar-refractivity contribution in [3.63, 3.8) is 0 Å². The minimum atomic E-state index is -4.92. The van der Waals surface area contributed by atoms with E-state index in [1.807, 2.05) is 0 Å². The normalized spacial score (nSPS) is 17.6. The number of halogens is 5. The molecule has 1 atom stereocenters. The summed E-state index contributed by atoms with van der Waals surface area (Å²) in [6.07, 6.45) is -4.92. The number of hydrogen-bond donors (Lipinski definition) is 0. The lowest BCUT2D eigenvalue weighted by atomic mass is 10.2. The molecule has 11 nitrogen and oxygen atoms in total. The molecule has 1 aliphatic heterocycles. The summed E-state index contributed by atoms with van der Waals surface area (Å²) in [4.78, 5) is 40.4. The first-order valence-electron chi connectivity index (χ1n) is 9.41. The Kier molecular flexibility index (Phi) is 6.87. The van der Waals surface area contributed by atoms with Crippen LogP contribution in [0.1, 0.15) is 19.5 Å². The van der Waals surface area contributed by atoms with Gasteiger partial charge in [0.1, 0.15) is 21.5 Å². The number of ether oxygens (including phenoxy) is 1.